The summed E-state index contributed by atoms with van der Waals surface area (Å²) in [5, 5.41) is 5.25. The van der Waals surface area contributed by atoms with E-state index in [1.54, 1.807) is 0 Å². The molecule has 1 atom stereocenters. The number of hydrogen-bond donors (Lipinski definition) is 0. The molecule has 0 spiro atoms. The Morgan fingerprint density at radius 2 is 1.18 bits per heavy atom. The summed E-state index contributed by atoms with van der Waals surface area (Å²) in [5.41, 5.74) is 13.0. The number of rotatable bonds is 3. The standard InChI is InChI=1S/C43H27NS/c1-3-11-27(12-4-1)41-32-16-8-7-15-31(32)36-25-28(19-21-33(36)41)29-20-23-38-37(26-29)34-22-24-40-42(35-17-9-10-18-39(35)45-40)43(34)44(38)30-13-5-2-6-14-30/h1-26,41H. The maximum absolute atomic E-state index is 2.47. The van der Waals surface area contributed by atoms with E-state index in [1.807, 2.05) is 11.3 Å². The molecule has 1 aliphatic carbocycles. The molecule has 0 amide bonds. The van der Waals surface area contributed by atoms with Crippen LogP contribution < -0.4 is 0 Å². The quantitative estimate of drug-likeness (QED) is 0.193. The van der Waals surface area contributed by atoms with Gasteiger partial charge < -0.3 is 4.57 Å². The molecule has 0 saturated carbocycles. The van der Waals surface area contributed by atoms with Gasteiger partial charge >= 0.3 is 0 Å². The number of aromatic nitrogens is 1. The van der Waals surface area contributed by atoms with Gasteiger partial charge in [-0.05, 0) is 81.4 Å². The molecule has 0 fully saturated rings. The molecule has 7 aromatic carbocycles. The first-order chi connectivity index (χ1) is 22.3. The SMILES string of the molecule is c1ccc(C2c3ccccc3-c3cc(-c4ccc5c(c4)c4ccc6sc7ccccc7c6c4n5-c4ccccc4)ccc32)cc1. The lowest BCUT2D eigenvalue weighted by atomic mass is 9.89. The summed E-state index contributed by atoms with van der Waals surface area (Å²) < 4.78 is 5.13. The monoisotopic (exact) mass is 589 g/mol. The molecular formula is C43H27NS. The Morgan fingerprint density at radius 1 is 0.467 bits per heavy atom. The Bertz CT molecular complexity index is 2590. The zero-order valence-corrected chi connectivity index (χ0v) is 25.3. The molecule has 0 radical (unpaired) electrons. The Kier molecular flexibility index (Phi) is 5.28. The number of para-hydroxylation sites is 1. The van der Waals surface area contributed by atoms with Crippen molar-refractivity contribution in [1.29, 1.82) is 0 Å². The van der Waals surface area contributed by atoms with Gasteiger partial charge in [-0.3, -0.25) is 0 Å². The first-order valence-electron chi connectivity index (χ1n) is 15.6. The Morgan fingerprint density at radius 3 is 2.07 bits per heavy atom. The smallest absolute Gasteiger partial charge is 0.0634 e. The topological polar surface area (TPSA) is 4.93 Å². The lowest BCUT2D eigenvalue weighted by molar-refractivity contribution is 1.02. The van der Waals surface area contributed by atoms with E-state index in [1.165, 1.54) is 86.6 Å². The van der Waals surface area contributed by atoms with Gasteiger partial charge in [-0.1, -0.05) is 115 Å². The third-order valence-electron chi connectivity index (χ3n) is 9.67. The van der Waals surface area contributed by atoms with Gasteiger partial charge in [0.25, 0.3) is 0 Å². The van der Waals surface area contributed by atoms with Crippen molar-refractivity contribution in [2.75, 3.05) is 0 Å². The van der Waals surface area contributed by atoms with E-state index < -0.39 is 0 Å². The molecule has 0 saturated heterocycles. The van der Waals surface area contributed by atoms with Crippen molar-refractivity contribution >= 4 is 53.3 Å². The highest BCUT2D eigenvalue weighted by atomic mass is 32.1. The minimum absolute atomic E-state index is 0.264. The number of hydrogen-bond acceptors (Lipinski definition) is 1. The molecule has 1 unspecified atom stereocenters. The molecule has 2 heterocycles. The van der Waals surface area contributed by atoms with E-state index >= 15 is 0 Å². The normalized spacial score (nSPS) is 14.0. The first kappa shape index (κ1) is 24.9. The van der Waals surface area contributed by atoms with Gasteiger partial charge in [0.05, 0.1) is 11.0 Å². The second-order valence-corrected chi connectivity index (χ2v) is 13.2. The highest BCUT2D eigenvalue weighted by Gasteiger charge is 2.30. The minimum Gasteiger partial charge on any atom is -0.309 e. The maximum atomic E-state index is 2.47. The van der Waals surface area contributed by atoms with Crippen molar-refractivity contribution in [2.24, 2.45) is 0 Å². The molecule has 210 valence electrons. The van der Waals surface area contributed by atoms with Crippen LogP contribution in [-0.2, 0) is 0 Å². The van der Waals surface area contributed by atoms with Crippen LogP contribution in [0.4, 0.5) is 0 Å². The highest BCUT2D eigenvalue weighted by Crippen LogP contribution is 2.49. The first-order valence-corrected chi connectivity index (χ1v) is 16.4. The van der Waals surface area contributed by atoms with Crippen LogP contribution >= 0.6 is 11.3 Å². The lowest BCUT2D eigenvalue weighted by Gasteiger charge is -2.14. The van der Waals surface area contributed by atoms with Crippen LogP contribution in [0.15, 0.2) is 158 Å². The van der Waals surface area contributed by atoms with Crippen molar-refractivity contribution in [3.8, 4) is 27.9 Å². The van der Waals surface area contributed by atoms with E-state index in [0.717, 1.165) is 0 Å². The molecule has 0 bridgehead atoms. The number of fused-ring (bicyclic) bond motifs is 10. The van der Waals surface area contributed by atoms with Crippen molar-refractivity contribution in [2.45, 2.75) is 5.92 Å². The predicted molar refractivity (Wildman–Crippen MR) is 192 cm³/mol. The predicted octanol–water partition coefficient (Wildman–Crippen LogP) is 12.0. The van der Waals surface area contributed by atoms with E-state index in [4.69, 9.17) is 0 Å². The molecule has 2 heteroatoms. The maximum Gasteiger partial charge on any atom is 0.0634 e. The number of nitrogens with zero attached hydrogens (tertiary/aromatic N) is 1. The fourth-order valence-corrected chi connectivity index (χ4v) is 8.84. The Balaban J connectivity index is 1.22. The van der Waals surface area contributed by atoms with Crippen LogP contribution in [0.25, 0.3) is 69.9 Å². The molecule has 10 rings (SSSR count). The zero-order chi connectivity index (χ0) is 29.5. The van der Waals surface area contributed by atoms with Gasteiger partial charge in [-0.25, -0.2) is 0 Å². The van der Waals surface area contributed by atoms with Crippen LogP contribution in [0, 0.1) is 0 Å². The third-order valence-corrected chi connectivity index (χ3v) is 10.8. The average Bonchev–Trinajstić information content (AvgIpc) is 3.76. The zero-order valence-electron chi connectivity index (χ0n) is 24.4. The van der Waals surface area contributed by atoms with E-state index in [-0.39, 0.29) is 5.92 Å². The third kappa shape index (κ3) is 3.61. The van der Waals surface area contributed by atoms with Crippen LogP contribution in [-0.4, -0.2) is 4.57 Å². The summed E-state index contributed by atoms with van der Waals surface area (Å²) >= 11 is 1.88. The molecule has 1 aliphatic rings. The molecule has 0 N–H and O–H groups in total. The van der Waals surface area contributed by atoms with Crippen LogP contribution in [0.1, 0.15) is 22.6 Å². The van der Waals surface area contributed by atoms with Gasteiger partial charge in [0.15, 0.2) is 0 Å². The van der Waals surface area contributed by atoms with Crippen molar-refractivity contribution in [3.63, 3.8) is 0 Å². The highest BCUT2D eigenvalue weighted by molar-refractivity contribution is 7.26. The van der Waals surface area contributed by atoms with E-state index in [2.05, 4.69) is 162 Å². The van der Waals surface area contributed by atoms with Gasteiger partial charge in [-0.15, -0.1) is 11.3 Å². The van der Waals surface area contributed by atoms with Gasteiger partial charge in [0.1, 0.15) is 0 Å². The second-order valence-electron chi connectivity index (χ2n) is 12.1. The van der Waals surface area contributed by atoms with Crippen molar-refractivity contribution < 1.29 is 0 Å². The largest absolute Gasteiger partial charge is 0.309 e. The van der Waals surface area contributed by atoms with Crippen LogP contribution in [0.5, 0.6) is 0 Å². The summed E-state index contributed by atoms with van der Waals surface area (Å²) in [6.45, 7) is 0. The summed E-state index contributed by atoms with van der Waals surface area (Å²) in [5.74, 6) is 0.264. The number of thiophene rings is 1. The summed E-state index contributed by atoms with van der Waals surface area (Å²) in [6, 6.07) is 58.3. The van der Waals surface area contributed by atoms with E-state index in [0.29, 0.717) is 0 Å². The molecule has 1 nitrogen and oxygen atoms in total. The van der Waals surface area contributed by atoms with Crippen LogP contribution in [0.3, 0.4) is 0 Å². The molecule has 45 heavy (non-hydrogen) atoms. The summed E-state index contributed by atoms with van der Waals surface area (Å²) in [6.07, 6.45) is 0. The van der Waals surface area contributed by atoms with Gasteiger partial charge in [-0.2, -0.15) is 0 Å². The lowest BCUT2D eigenvalue weighted by Crippen LogP contribution is -1.98. The minimum atomic E-state index is 0.264. The van der Waals surface area contributed by atoms with Gasteiger partial charge in [0, 0.05) is 42.6 Å². The second kappa shape index (κ2) is 9.53. The van der Waals surface area contributed by atoms with Crippen LogP contribution in [0.2, 0.25) is 0 Å². The Hall–Kier alpha value is -5.44. The Labute approximate surface area is 265 Å². The molecule has 0 aliphatic heterocycles. The van der Waals surface area contributed by atoms with Gasteiger partial charge in [0.2, 0.25) is 0 Å². The average molecular weight is 590 g/mol. The van der Waals surface area contributed by atoms with E-state index in [9.17, 15) is 0 Å². The van der Waals surface area contributed by atoms with Crippen molar-refractivity contribution in [3.05, 3.63) is 174 Å². The molecule has 2 aromatic heterocycles. The van der Waals surface area contributed by atoms with Crippen molar-refractivity contribution in [1.82, 2.24) is 4.57 Å². The number of benzene rings is 7. The molecule has 9 aromatic rings. The fourth-order valence-electron chi connectivity index (χ4n) is 7.73. The summed E-state index contributed by atoms with van der Waals surface area (Å²) in [7, 11) is 0. The summed E-state index contributed by atoms with van der Waals surface area (Å²) in [4.78, 5) is 0. The fraction of sp³-hybridized carbons (Fsp3) is 0.0233. The molecular weight excluding hydrogens is 563 g/mol.